The molecule has 35 heavy (non-hydrogen) atoms. The standard InChI is InChI=1S/C27H30ClN3O3S/c1-21-8-12-25(13-9-21)35(33,34)31(24-11-10-22(2)26(28)18-24)20-27(32)30-16-14-29(15-17-30)19-23-6-4-3-5-7-23/h3-13,18H,14-17,19-20H2,1-2H3. The van der Waals surface area contributed by atoms with E-state index in [2.05, 4.69) is 17.0 Å². The van der Waals surface area contributed by atoms with E-state index in [-0.39, 0.29) is 17.3 Å². The molecule has 6 nitrogen and oxygen atoms in total. The van der Waals surface area contributed by atoms with E-state index in [0.717, 1.165) is 30.8 Å². The minimum absolute atomic E-state index is 0.139. The van der Waals surface area contributed by atoms with Gasteiger partial charge in [0.2, 0.25) is 5.91 Å². The van der Waals surface area contributed by atoms with Crippen LogP contribution >= 0.6 is 11.6 Å². The number of anilines is 1. The van der Waals surface area contributed by atoms with Crippen molar-refractivity contribution in [2.24, 2.45) is 0 Å². The molecule has 1 amide bonds. The first kappa shape index (κ1) is 25.2. The molecule has 0 aliphatic carbocycles. The fourth-order valence-corrected chi connectivity index (χ4v) is 5.69. The second-order valence-corrected chi connectivity index (χ2v) is 11.2. The molecular formula is C27H30ClN3O3S. The number of hydrogen-bond acceptors (Lipinski definition) is 4. The third kappa shape index (κ3) is 6.04. The quantitative estimate of drug-likeness (QED) is 0.468. The zero-order valence-electron chi connectivity index (χ0n) is 20.0. The molecule has 184 valence electrons. The fourth-order valence-electron chi connectivity index (χ4n) is 4.11. The zero-order chi connectivity index (χ0) is 25.0. The van der Waals surface area contributed by atoms with E-state index >= 15 is 0 Å². The molecular weight excluding hydrogens is 482 g/mol. The SMILES string of the molecule is Cc1ccc(S(=O)(=O)N(CC(=O)N2CCN(Cc3ccccc3)CC2)c2ccc(C)c(Cl)c2)cc1. The molecule has 1 aliphatic rings. The Kier molecular flexibility index (Phi) is 7.79. The third-order valence-corrected chi connectivity index (χ3v) is 8.50. The molecule has 0 bridgehead atoms. The Hall–Kier alpha value is -2.87. The lowest BCUT2D eigenvalue weighted by Crippen LogP contribution is -2.51. The molecule has 0 atom stereocenters. The summed E-state index contributed by atoms with van der Waals surface area (Å²) in [6.07, 6.45) is 0. The molecule has 1 heterocycles. The smallest absolute Gasteiger partial charge is 0.264 e. The van der Waals surface area contributed by atoms with E-state index in [1.54, 1.807) is 47.4 Å². The zero-order valence-corrected chi connectivity index (χ0v) is 21.6. The van der Waals surface area contributed by atoms with Crippen LogP contribution in [0.5, 0.6) is 0 Å². The second-order valence-electron chi connectivity index (χ2n) is 8.90. The number of halogens is 1. The predicted octanol–water partition coefficient (Wildman–Crippen LogP) is 4.50. The number of benzene rings is 3. The lowest BCUT2D eigenvalue weighted by molar-refractivity contribution is -0.131. The number of piperazine rings is 1. The second kappa shape index (κ2) is 10.8. The molecule has 1 fully saturated rings. The van der Waals surface area contributed by atoms with Gasteiger partial charge in [-0.1, -0.05) is 65.7 Å². The molecule has 3 aromatic carbocycles. The maximum atomic E-state index is 13.6. The van der Waals surface area contributed by atoms with Gasteiger partial charge in [0.25, 0.3) is 10.0 Å². The van der Waals surface area contributed by atoms with Crippen LogP contribution in [0, 0.1) is 13.8 Å². The van der Waals surface area contributed by atoms with E-state index in [0.29, 0.717) is 23.8 Å². The van der Waals surface area contributed by atoms with Gasteiger partial charge >= 0.3 is 0 Å². The highest BCUT2D eigenvalue weighted by Crippen LogP contribution is 2.28. The molecule has 4 rings (SSSR count). The van der Waals surface area contributed by atoms with Gasteiger partial charge < -0.3 is 4.90 Å². The van der Waals surface area contributed by atoms with Gasteiger partial charge in [-0.3, -0.25) is 14.0 Å². The van der Waals surface area contributed by atoms with Gasteiger partial charge in [0.1, 0.15) is 6.54 Å². The van der Waals surface area contributed by atoms with Crippen molar-refractivity contribution in [2.45, 2.75) is 25.3 Å². The van der Waals surface area contributed by atoms with Gasteiger partial charge in [0.05, 0.1) is 10.6 Å². The molecule has 0 spiro atoms. The van der Waals surface area contributed by atoms with Gasteiger partial charge in [-0.25, -0.2) is 8.42 Å². The minimum Gasteiger partial charge on any atom is -0.339 e. The summed E-state index contributed by atoms with van der Waals surface area (Å²) in [5.41, 5.74) is 3.40. The highest BCUT2D eigenvalue weighted by Gasteiger charge is 2.30. The Labute approximate surface area is 212 Å². The van der Waals surface area contributed by atoms with Crippen LogP contribution in [0.2, 0.25) is 5.02 Å². The van der Waals surface area contributed by atoms with Gasteiger partial charge in [-0.15, -0.1) is 0 Å². The van der Waals surface area contributed by atoms with Gasteiger partial charge in [-0.2, -0.15) is 0 Å². The number of rotatable bonds is 7. The van der Waals surface area contributed by atoms with Crippen LogP contribution in [0.3, 0.4) is 0 Å². The average molecular weight is 512 g/mol. The Balaban J connectivity index is 1.51. The lowest BCUT2D eigenvalue weighted by atomic mass is 10.2. The van der Waals surface area contributed by atoms with E-state index in [9.17, 15) is 13.2 Å². The van der Waals surface area contributed by atoms with E-state index in [1.165, 1.54) is 9.87 Å². The van der Waals surface area contributed by atoms with Gasteiger partial charge in [0.15, 0.2) is 0 Å². The number of carbonyl (C=O) groups excluding carboxylic acids is 1. The number of amides is 1. The Morgan fingerprint density at radius 2 is 1.57 bits per heavy atom. The molecule has 3 aromatic rings. The first-order chi connectivity index (χ1) is 16.7. The van der Waals surface area contributed by atoms with Crippen molar-refractivity contribution >= 4 is 33.2 Å². The fraction of sp³-hybridized carbons (Fsp3) is 0.296. The van der Waals surface area contributed by atoms with Crippen LogP contribution in [-0.2, 0) is 21.4 Å². The topological polar surface area (TPSA) is 60.9 Å². The summed E-state index contributed by atoms with van der Waals surface area (Å²) >= 11 is 6.32. The largest absolute Gasteiger partial charge is 0.339 e. The Morgan fingerprint density at radius 1 is 0.914 bits per heavy atom. The molecule has 1 aliphatic heterocycles. The summed E-state index contributed by atoms with van der Waals surface area (Å²) in [7, 11) is -3.97. The maximum Gasteiger partial charge on any atom is 0.264 e. The molecule has 0 aromatic heterocycles. The first-order valence-electron chi connectivity index (χ1n) is 11.6. The van der Waals surface area contributed by atoms with Crippen molar-refractivity contribution in [1.82, 2.24) is 9.80 Å². The van der Waals surface area contributed by atoms with Crippen LogP contribution in [0.15, 0.2) is 77.7 Å². The monoisotopic (exact) mass is 511 g/mol. The van der Waals surface area contributed by atoms with Crippen molar-refractivity contribution in [3.05, 3.63) is 94.5 Å². The summed E-state index contributed by atoms with van der Waals surface area (Å²) in [6, 6.07) is 21.9. The first-order valence-corrected chi connectivity index (χ1v) is 13.5. The van der Waals surface area contributed by atoms with Crippen molar-refractivity contribution in [1.29, 1.82) is 0 Å². The van der Waals surface area contributed by atoms with E-state index in [1.807, 2.05) is 32.0 Å². The van der Waals surface area contributed by atoms with Crippen molar-refractivity contribution in [2.75, 3.05) is 37.0 Å². The number of hydrogen-bond donors (Lipinski definition) is 0. The van der Waals surface area contributed by atoms with Crippen LogP contribution in [0.1, 0.15) is 16.7 Å². The molecule has 8 heteroatoms. The maximum absolute atomic E-state index is 13.6. The van der Waals surface area contributed by atoms with Crippen LogP contribution < -0.4 is 4.31 Å². The van der Waals surface area contributed by atoms with Gasteiger partial charge in [0, 0.05) is 37.7 Å². The number of nitrogens with zero attached hydrogens (tertiary/aromatic N) is 3. The summed E-state index contributed by atoms with van der Waals surface area (Å²) in [5, 5.41) is 0.452. The van der Waals surface area contributed by atoms with E-state index < -0.39 is 10.0 Å². The lowest BCUT2D eigenvalue weighted by Gasteiger charge is -2.36. The minimum atomic E-state index is -3.97. The molecule has 0 saturated carbocycles. The van der Waals surface area contributed by atoms with Crippen LogP contribution in [-0.4, -0.2) is 56.8 Å². The normalized spacial score (nSPS) is 14.7. The van der Waals surface area contributed by atoms with Gasteiger partial charge in [-0.05, 0) is 49.2 Å². The van der Waals surface area contributed by atoms with Crippen molar-refractivity contribution < 1.29 is 13.2 Å². The average Bonchev–Trinajstić information content (AvgIpc) is 2.85. The summed E-state index contributed by atoms with van der Waals surface area (Å²) in [4.78, 5) is 17.5. The van der Waals surface area contributed by atoms with Crippen LogP contribution in [0.25, 0.3) is 0 Å². The van der Waals surface area contributed by atoms with Crippen molar-refractivity contribution in [3.63, 3.8) is 0 Å². The highest BCUT2D eigenvalue weighted by atomic mass is 35.5. The molecule has 0 N–H and O–H groups in total. The number of carbonyl (C=O) groups is 1. The molecule has 0 unspecified atom stereocenters. The Bertz CT molecular complexity index is 1270. The summed E-state index contributed by atoms with van der Waals surface area (Å²) < 4.78 is 28.4. The molecule has 1 saturated heterocycles. The highest BCUT2D eigenvalue weighted by molar-refractivity contribution is 7.92. The summed E-state index contributed by atoms with van der Waals surface area (Å²) in [6.45, 7) is 6.88. The van der Waals surface area contributed by atoms with Crippen LogP contribution in [0.4, 0.5) is 5.69 Å². The third-order valence-electron chi connectivity index (χ3n) is 6.31. The summed E-state index contributed by atoms with van der Waals surface area (Å²) in [5.74, 6) is -0.225. The Morgan fingerprint density at radius 3 is 2.20 bits per heavy atom. The molecule has 0 radical (unpaired) electrons. The predicted molar refractivity (Wildman–Crippen MR) is 140 cm³/mol. The van der Waals surface area contributed by atoms with E-state index in [4.69, 9.17) is 11.6 Å². The number of sulfonamides is 1. The van der Waals surface area contributed by atoms with Crippen molar-refractivity contribution in [3.8, 4) is 0 Å². The number of aryl methyl sites for hydroxylation is 2.